The van der Waals surface area contributed by atoms with Gasteiger partial charge in [-0.05, 0) is 111 Å². The summed E-state index contributed by atoms with van der Waals surface area (Å²) < 4.78 is 0. The van der Waals surface area contributed by atoms with Gasteiger partial charge in [0, 0.05) is 0 Å². The Hall–Kier alpha value is -0.600. The van der Waals surface area contributed by atoms with Gasteiger partial charge in [0.25, 0.3) is 0 Å². The van der Waals surface area contributed by atoms with E-state index >= 15 is 0 Å². The summed E-state index contributed by atoms with van der Waals surface area (Å²) in [4.78, 5) is 5.12. The number of hydrogen-bond donors (Lipinski definition) is 0. The van der Waals surface area contributed by atoms with E-state index in [1.165, 1.54) is 212 Å². The van der Waals surface area contributed by atoms with Crippen molar-refractivity contribution in [2.24, 2.45) is 0 Å². The van der Waals surface area contributed by atoms with Gasteiger partial charge in [0.05, 0.1) is 0 Å². The van der Waals surface area contributed by atoms with Crippen LogP contribution in [0.1, 0.15) is 200 Å². The minimum absolute atomic E-state index is 1.22. The van der Waals surface area contributed by atoms with E-state index < -0.39 is 0 Å². The number of rotatable bonds is 36. The van der Waals surface area contributed by atoms with Crippen LogP contribution >= 0.6 is 0 Å². The van der Waals surface area contributed by atoms with E-state index in [0.717, 1.165) is 0 Å². The minimum atomic E-state index is 1.22. The third-order valence-electron chi connectivity index (χ3n) is 9.05. The highest BCUT2D eigenvalue weighted by atomic mass is 15.1. The zero-order valence-electron chi connectivity index (χ0n) is 30.5. The van der Waals surface area contributed by atoms with Crippen molar-refractivity contribution in [1.82, 2.24) is 9.80 Å². The van der Waals surface area contributed by atoms with Gasteiger partial charge in [0.15, 0.2) is 0 Å². The summed E-state index contributed by atoms with van der Waals surface area (Å²) in [5, 5.41) is 0. The largest absolute Gasteiger partial charge is 0.309 e. The maximum absolute atomic E-state index is 2.78. The van der Waals surface area contributed by atoms with Gasteiger partial charge in [-0.15, -0.1) is 0 Å². The van der Waals surface area contributed by atoms with E-state index in [1.807, 2.05) is 0 Å². The first-order valence-corrected chi connectivity index (χ1v) is 19.9. The van der Waals surface area contributed by atoms with Gasteiger partial charge in [-0.2, -0.15) is 0 Å². The van der Waals surface area contributed by atoms with Crippen molar-refractivity contribution in [3.8, 4) is 0 Å². The van der Waals surface area contributed by atoms with Gasteiger partial charge in [-0.25, -0.2) is 0 Å². The molecule has 256 valence electrons. The van der Waals surface area contributed by atoms with Crippen molar-refractivity contribution in [1.29, 1.82) is 0 Å². The first-order valence-electron chi connectivity index (χ1n) is 19.9. The van der Waals surface area contributed by atoms with Crippen LogP contribution in [0.15, 0.2) is 24.3 Å². The summed E-state index contributed by atoms with van der Waals surface area (Å²) >= 11 is 0. The molecule has 0 amide bonds. The number of nitrogens with zero attached hydrogens (tertiary/aromatic N) is 2. The molecule has 0 aliphatic heterocycles. The summed E-state index contributed by atoms with van der Waals surface area (Å²) in [6.45, 7) is 9.74. The zero-order chi connectivity index (χ0) is 31.3. The molecule has 0 saturated heterocycles. The molecule has 2 nitrogen and oxygen atoms in total. The molecule has 0 spiro atoms. The topological polar surface area (TPSA) is 6.48 Å². The van der Waals surface area contributed by atoms with Crippen molar-refractivity contribution in [3.05, 3.63) is 24.3 Å². The van der Waals surface area contributed by atoms with Crippen molar-refractivity contribution in [3.63, 3.8) is 0 Å². The SMILES string of the molecule is CCCCCCCC/C=C\CCCCCCCCN(CCCCCCCC/C=C\CCCCCCCC)CCCN(C)C. The molecule has 0 aromatic carbocycles. The van der Waals surface area contributed by atoms with Gasteiger partial charge >= 0.3 is 0 Å². The predicted molar refractivity (Wildman–Crippen MR) is 199 cm³/mol. The Labute approximate surface area is 273 Å². The summed E-state index contributed by atoms with van der Waals surface area (Å²) in [6.07, 6.45) is 50.2. The highest BCUT2D eigenvalue weighted by Crippen LogP contribution is 2.13. The maximum atomic E-state index is 2.78. The Balaban J connectivity index is 3.70. The molecule has 43 heavy (non-hydrogen) atoms. The zero-order valence-corrected chi connectivity index (χ0v) is 30.5. The molecule has 0 unspecified atom stereocenters. The summed E-state index contributed by atoms with van der Waals surface area (Å²) in [5.74, 6) is 0. The quantitative estimate of drug-likeness (QED) is 0.0520. The van der Waals surface area contributed by atoms with Gasteiger partial charge in [0.1, 0.15) is 0 Å². The third kappa shape index (κ3) is 37.5. The molecule has 0 fully saturated rings. The molecule has 0 aromatic rings. The number of allylic oxidation sites excluding steroid dienone is 4. The van der Waals surface area contributed by atoms with Crippen LogP contribution < -0.4 is 0 Å². The summed E-state index contributed by atoms with van der Waals surface area (Å²) in [7, 11) is 4.42. The fraction of sp³-hybridized carbons (Fsp3) is 0.902. The molecule has 0 aliphatic carbocycles. The van der Waals surface area contributed by atoms with Gasteiger partial charge in [0.2, 0.25) is 0 Å². The monoisotopic (exact) mass is 603 g/mol. The molecule has 0 bridgehead atoms. The highest BCUT2D eigenvalue weighted by molar-refractivity contribution is 4.82. The molecule has 2 heteroatoms. The standard InChI is InChI=1S/C41H82N2/c1-5-7-9-11-13-15-17-19-21-23-25-27-29-31-33-35-39-43(41-37-38-42(3)4)40-36-34-32-30-28-26-24-22-20-18-16-14-12-10-8-6-2/h19-22H,5-18,23-41H2,1-4H3/b21-19-,22-20-. The van der Waals surface area contributed by atoms with Crippen molar-refractivity contribution < 1.29 is 0 Å². The minimum Gasteiger partial charge on any atom is -0.309 e. The van der Waals surface area contributed by atoms with Gasteiger partial charge in [-0.3, -0.25) is 0 Å². The second-order valence-corrected chi connectivity index (χ2v) is 13.9. The maximum Gasteiger partial charge on any atom is -0.000655 e. The Bertz CT molecular complexity index is 510. The number of hydrogen-bond acceptors (Lipinski definition) is 2. The van der Waals surface area contributed by atoms with Crippen molar-refractivity contribution >= 4 is 0 Å². The Morgan fingerprint density at radius 1 is 0.302 bits per heavy atom. The van der Waals surface area contributed by atoms with E-state index in [-0.39, 0.29) is 0 Å². The molecule has 0 heterocycles. The third-order valence-corrected chi connectivity index (χ3v) is 9.05. The average molecular weight is 603 g/mol. The van der Waals surface area contributed by atoms with E-state index in [0.29, 0.717) is 0 Å². The lowest BCUT2D eigenvalue weighted by molar-refractivity contribution is 0.244. The Morgan fingerprint density at radius 2 is 0.581 bits per heavy atom. The van der Waals surface area contributed by atoms with Crippen LogP contribution in [0.5, 0.6) is 0 Å². The van der Waals surface area contributed by atoms with Crippen LogP contribution in [0.2, 0.25) is 0 Å². The van der Waals surface area contributed by atoms with E-state index in [2.05, 4.69) is 62.0 Å². The fourth-order valence-electron chi connectivity index (χ4n) is 6.11. The van der Waals surface area contributed by atoms with E-state index in [4.69, 9.17) is 0 Å². The van der Waals surface area contributed by atoms with Crippen molar-refractivity contribution in [2.75, 3.05) is 40.3 Å². The van der Waals surface area contributed by atoms with Crippen LogP contribution in [-0.2, 0) is 0 Å². The molecule has 0 saturated carbocycles. The van der Waals surface area contributed by atoms with Crippen LogP contribution in [0.3, 0.4) is 0 Å². The van der Waals surface area contributed by atoms with Crippen LogP contribution in [0.25, 0.3) is 0 Å². The second kappa shape index (κ2) is 37.6. The fourth-order valence-corrected chi connectivity index (χ4v) is 6.11. The molecule has 0 N–H and O–H groups in total. The number of unbranched alkanes of at least 4 members (excludes halogenated alkanes) is 24. The highest BCUT2D eigenvalue weighted by Gasteiger charge is 2.05. The first-order chi connectivity index (χ1) is 21.2. The predicted octanol–water partition coefficient (Wildman–Crippen LogP) is 13.3. The molecule has 0 aromatic heterocycles. The normalized spacial score (nSPS) is 12.2. The summed E-state index contributed by atoms with van der Waals surface area (Å²) in [6, 6.07) is 0. The summed E-state index contributed by atoms with van der Waals surface area (Å²) in [5.41, 5.74) is 0. The lowest BCUT2D eigenvalue weighted by Gasteiger charge is -2.23. The second-order valence-electron chi connectivity index (χ2n) is 13.9. The molecular formula is C41H82N2. The van der Waals surface area contributed by atoms with E-state index in [1.54, 1.807) is 0 Å². The van der Waals surface area contributed by atoms with Crippen molar-refractivity contribution in [2.45, 2.75) is 200 Å². The van der Waals surface area contributed by atoms with Crippen LogP contribution in [-0.4, -0.2) is 50.1 Å². The lowest BCUT2D eigenvalue weighted by atomic mass is 10.1. The smallest absolute Gasteiger partial charge is 0.000655 e. The van der Waals surface area contributed by atoms with Crippen LogP contribution in [0.4, 0.5) is 0 Å². The molecule has 0 rings (SSSR count). The average Bonchev–Trinajstić information content (AvgIpc) is 3.00. The van der Waals surface area contributed by atoms with E-state index in [9.17, 15) is 0 Å². The van der Waals surface area contributed by atoms with Gasteiger partial charge in [-0.1, -0.05) is 154 Å². The molecule has 0 atom stereocenters. The Kier molecular flexibility index (Phi) is 37.1. The Morgan fingerprint density at radius 3 is 0.907 bits per heavy atom. The van der Waals surface area contributed by atoms with Crippen LogP contribution in [0, 0.1) is 0 Å². The molecule has 0 aliphatic rings. The lowest BCUT2D eigenvalue weighted by Crippen LogP contribution is -2.29. The molecular weight excluding hydrogens is 520 g/mol. The molecule has 0 radical (unpaired) electrons. The van der Waals surface area contributed by atoms with Gasteiger partial charge < -0.3 is 9.80 Å². The first kappa shape index (κ1) is 42.4.